The maximum Gasteiger partial charge on any atom is 0.0718 e. The van der Waals surface area contributed by atoms with Gasteiger partial charge in [0.15, 0.2) is 0 Å². The molecular weight excluding hydrogens is 310 g/mol. The van der Waals surface area contributed by atoms with Crippen LogP contribution in [0.2, 0.25) is 0 Å². The SMILES string of the molecule is CCNC(c1sccc1Br)c1c(C)nn(C)c1C. The van der Waals surface area contributed by atoms with E-state index < -0.39 is 0 Å². The molecule has 2 aromatic heterocycles. The summed E-state index contributed by atoms with van der Waals surface area (Å²) in [6.07, 6.45) is 0. The van der Waals surface area contributed by atoms with Gasteiger partial charge in [-0.25, -0.2) is 0 Å². The average molecular weight is 328 g/mol. The molecule has 3 nitrogen and oxygen atoms in total. The highest BCUT2D eigenvalue weighted by Crippen LogP contribution is 2.35. The van der Waals surface area contributed by atoms with Gasteiger partial charge in [-0.3, -0.25) is 4.68 Å². The second-order valence-electron chi connectivity index (χ2n) is 4.33. The second-order valence-corrected chi connectivity index (χ2v) is 6.13. The number of thiophene rings is 1. The van der Waals surface area contributed by atoms with Crippen molar-refractivity contribution in [2.75, 3.05) is 6.54 Å². The minimum absolute atomic E-state index is 0.220. The van der Waals surface area contributed by atoms with Crippen LogP contribution in [0, 0.1) is 13.8 Å². The first-order chi connectivity index (χ1) is 8.56. The van der Waals surface area contributed by atoms with Crippen LogP contribution in [-0.2, 0) is 7.05 Å². The zero-order valence-electron chi connectivity index (χ0n) is 11.1. The van der Waals surface area contributed by atoms with Gasteiger partial charge in [-0.2, -0.15) is 5.10 Å². The van der Waals surface area contributed by atoms with E-state index >= 15 is 0 Å². The van der Waals surface area contributed by atoms with Gasteiger partial charge in [0.05, 0.1) is 11.7 Å². The standard InChI is InChI=1S/C13H18BrN3S/c1-5-15-12(13-10(14)6-7-18-13)11-8(2)16-17(4)9(11)3/h6-7,12,15H,5H2,1-4H3. The van der Waals surface area contributed by atoms with Gasteiger partial charge in [-0.05, 0) is 47.8 Å². The Morgan fingerprint density at radius 3 is 2.67 bits per heavy atom. The second kappa shape index (κ2) is 5.55. The molecule has 1 unspecified atom stereocenters. The van der Waals surface area contributed by atoms with Crippen LogP contribution in [0.4, 0.5) is 0 Å². The van der Waals surface area contributed by atoms with E-state index in [-0.39, 0.29) is 6.04 Å². The van der Waals surface area contributed by atoms with Gasteiger partial charge >= 0.3 is 0 Å². The Morgan fingerprint density at radius 2 is 2.22 bits per heavy atom. The van der Waals surface area contributed by atoms with Crippen LogP contribution < -0.4 is 5.32 Å². The van der Waals surface area contributed by atoms with Crippen molar-refractivity contribution in [1.82, 2.24) is 15.1 Å². The van der Waals surface area contributed by atoms with E-state index in [9.17, 15) is 0 Å². The van der Waals surface area contributed by atoms with Gasteiger partial charge in [0.2, 0.25) is 0 Å². The molecule has 0 aliphatic carbocycles. The summed E-state index contributed by atoms with van der Waals surface area (Å²) in [5, 5.41) is 10.2. The van der Waals surface area contributed by atoms with E-state index in [4.69, 9.17) is 0 Å². The summed E-state index contributed by atoms with van der Waals surface area (Å²) >= 11 is 5.41. The van der Waals surface area contributed by atoms with E-state index in [2.05, 4.69) is 58.6 Å². The highest BCUT2D eigenvalue weighted by Gasteiger charge is 2.23. The molecule has 98 valence electrons. The van der Waals surface area contributed by atoms with Crippen LogP contribution in [0.25, 0.3) is 0 Å². The van der Waals surface area contributed by atoms with Crippen LogP contribution in [0.1, 0.15) is 34.8 Å². The molecule has 0 saturated heterocycles. The van der Waals surface area contributed by atoms with Gasteiger partial charge < -0.3 is 5.32 Å². The molecule has 0 aliphatic heterocycles. The first-order valence-corrected chi connectivity index (χ1v) is 7.69. The van der Waals surface area contributed by atoms with Crippen LogP contribution in [0.3, 0.4) is 0 Å². The van der Waals surface area contributed by atoms with Gasteiger partial charge in [0, 0.05) is 27.7 Å². The van der Waals surface area contributed by atoms with Gasteiger partial charge in [0.1, 0.15) is 0 Å². The fourth-order valence-corrected chi connectivity index (χ4v) is 3.93. The maximum atomic E-state index is 4.52. The number of nitrogens with one attached hydrogen (secondary N) is 1. The lowest BCUT2D eigenvalue weighted by molar-refractivity contribution is 0.630. The predicted octanol–water partition coefficient (Wildman–Crippen LogP) is 3.56. The van der Waals surface area contributed by atoms with E-state index in [0.29, 0.717) is 0 Å². The third kappa shape index (κ3) is 2.39. The zero-order chi connectivity index (χ0) is 13.3. The van der Waals surface area contributed by atoms with E-state index in [1.165, 1.54) is 20.6 Å². The molecule has 1 atom stereocenters. The number of rotatable bonds is 4. The van der Waals surface area contributed by atoms with Crippen LogP contribution >= 0.6 is 27.3 Å². The summed E-state index contributed by atoms with van der Waals surface area (Å²) in [6.45, 7) is 7.27. The third-order valence-electron chi connectivity index (χ3n) is 3.17. The topological polar surface area (TPSA) is 29.9 Å². The summed E-state index contributed by atoms with van der Waals surface area (Å²) in [4.78, 5) is 1.32. The van der Waals surface area contributed by atoms with Crippen molar-refractivity contribution in [3.05, 3.63) is 37.7 Å². The van der Waals surface area contributed by atoms with Crippen molar-refractivity contribution in [1.29, 1.82) is 0 Å². The summed E-state index contributed by atoms with van der Waals surface area (Å²) in [7, 11) is 2.00. The Morgan fingerprint density at radius 1 is 1.50 bits per heavy atom. The van der Waals surface area contributed by atoms with Crippen molar-refractivity contribution in [2.45, 2.75) is 26.8 Å². The molecule has 18 heavy (non-hydrogen) atoms. The van der Waals surface area contributed by atoms with Crippen LogP contribution in [-0.4, -0.2) is 16.3 Å². The molecule has 0 saturated carbocycles. The van der Waals surface area contributed by atoms with Crippen LogP contribution in [0.5, 0.6) is 0 Å². The first kappa shape index (κ1) is 13.8. The Labute approximate surface area is 120 Å². The molecule has 2 rings (SSSR count). The largest absolute Gasteiger partial charge is 0.306 e. The number of aryl methyl sites for hydroxylation is 2. The van der Waals surface area contributed by atoms with Crippen molar-refractivity contribution >= 4 is 27.3 Å². The molecule has 0 spiro atoms. The van der Waals surface area contributed by atoms with E-state index in [0.717, 1.165) is 12.2 Å². The molecule has 0 bridgehead atoms. The molecule has 1 N–H and O–H groups in total. The quantitative estimate of drug-likeness (QED) is 0.930. The molecular formula is C13H18BrN3S. The van der Waals surface area contributed by atoms with Crippen molar-refractivity contribution in [3.63, 3.8) is 0 Å². The predicted molar refractivity (Wildman–Crippen MR) is 80.2 cm³/mol. The molecule has 0 amide bonds. The van der Waals surface area contributed by atoms with Gasteiger partial charge in [0.25, 0.3) is 0 Å². The molecule has 2 aromatic rings. The number of nitrogens with zero attached hydrogens (tertiary/aromatic N) is 2. The first-order valence-electron chi connectivity index (χ1n) is 6.02. The number of hydrogen-bond acceptors (Lipinski definition) is 3. The Hall–Kier alpha value is -0.650. The maximum absolute atomic E-state index is 4.52. The fraction of sp³-hybridized carbons (Fsp3) is 0.462. The van der Waals surface area contributed by atoms with Crippen molar-refractivity contribution in [2.24, 2.45) is 7.05 Å². The van der Waals surface area contributed by atoms with Gasteiger partial charge in [-0.1, -0.05) is 6.92 Å². The number of halogens is 1. The Balaban J connectivity index is 2.51. The molecule has 0 radical (unpaired) electrons. The molecule has 0 fully saturated rings. The van der Waals surface area contributed by atoms with E-state index in [1.807, 2.05) is 11.7 Å². The summed E-state index contributed by atoms with van der Waals surface area (Å²) in [5.41, 5.74) is 3.61. The van der Waals surface area contributed by atoms with Crippen molar-refractivity contribution in [3.8, 4) is 0 Å². The highest BCUT2D eigenvalue weighted by atomic mass is 79.9. The summed E-state index contributed by atoms with van der Waals surface area (Å²) in [6, 6.07) is 2.32. The smallest absolute Gasteiger partial charge is 0.0718 e. The van der Waals surface area contributed by atoms with Crippen molar-refractivity contribution < 1.29 is 0 Å². The summed E-state index contributed by atoms with van der Waals surface area (Å²) in [5.74, 6) is 0. The summed E-state index contributed by atoms with van der Waals surface area (Å²) < 4.78 is 3.12. The lowest BCUT2D eigenvalue weighted by atomic mass is 10.0. The minimum Gasteiger partial charge on any atom is -0.306 e. The minimum atomic E-state index is 0.220. The number of hydrogen-bond donors (Lipinski definition) is 1. The third-order valence-corrected chi connectivity index (χ3v) is 5.10. The highest BCUT2D eigenvalue weighted by molar-refractivity contribution is 9.10. The van der Waals surface area contributed by atoms with Crippen LogP contribution in [0.15, 0.2) is 15.9 Å². The molecule has 0 aromatic carbocycles. The fourth-order valence-electron chi connectivity index (χ4n) is 2.25. The van der Waals surface area contributed by atoms with Gasteiger partial charge in [-0.15, -0.1) is 11.3 Å². The average Bonchev–Trinajstić information content (AvgIpc) is 2.83. The monoisotopic (exact) mass is 327 g/mol. The normalized spacial score (nSPS) is 12.9. The lowest BCUT2D eigenvalue weighted by Crippen LogP contribution is -2.22. The Bertz CT molecular complexity index is 544. The Kier molecular flexibility index (Phi) is 4.25. The zero-order valence-corrected chi connectivity index (χ0v) is 13.5. The van der Waals surface area contributed by atoms with E-state index in [1.54, 1.807) is 11.3 Å². The lowest BCUT2D eigenvalue weighted by Gasteiger charge is -2.18. The molecule has 2 heterocycles. The number of aromatic nitrogens is 2. The molecule has 5 heteroatoms. The molecule has 0 aliphatic rings.